The highest BCUT2D eigenvalue weighted by Crippen LogP contribution is 2.34. The van der Waals surface area contributed by atoms with Crippen LogP contribution in [0.15, 0.2) is 59.6 Å². The standard InChI is InChI=1S/C20H20F3N5O4S2/c1-33(29,30)16-5-3-4-13(10-16)11-24-18-17(20(21,22)23)12-25-19(27-18)26-14-6-8-15(9-7-14)28-34(2,31)32/h3-10,12,28H,11H2,1-2H3,(H2,24,25,26,27). The van der Waals surface area contributed by atoms with Crippen molar-refractivity contribution < 1.29 is 30.0 Å². The van der Waals surface area contributed by atoms with E-state index in [1.54, 1.807) is 6.07 Å². The molecule has 14 heteroatoms. The second-order valence-corrected chi connectivity index (χ2v) is 11.1. The molecule has 1 heterocycles. The molecule has 182 valence electrons. The fraction of sp³-hybridized carbons (Fsp3) is 0.200. The average molecular weight is 516 g/mol. The van der Waals surface area contributed by atoms with Gasteiger partial charge in [0.25, 0.3) is 0 Å². The second-order valence-electron chi connectivity index (χ2n) is 7.30. The summed E-state index contributed by atoms with van der Waals surface area (Å²) in [5.41, 5.74) is 0.0637. The van der Waals surface area contributed by atoms with Gasteiger partial charge in [-0.25, -0.2) is 21.8 Å². The molecule has 0 atom stereocenters. The molecule has 0 amide bonds. The number of aromatic nitrogens is 2. The van der Waals surface area contributed by atoms with E-state index in [1.807, 2.05) is 0 Å². The minimum absolute atomic E-state index is 0.0432. The lowest BCUT2D eigenvalue weighted by atomic mass is 10.2. The maximum atomic E-state index is 13.5. The molecule has 0 saturated carbocycles. The fourth-order valence-electron chi connectivity index (χ4n) is 2.82. The van der Waals surface area contributed by atoms with Crippen molar-refractivity contribution in [2.75, 3.05) is 27.9 Å². The average Bonchev–Trinajstić information content (AvgIpc) is 2.71. The van der Waals surface area contributed by atoms with Crippen molar-refractivity contribution in [1.29, 1.82) is 0 Å². The Labute approximate surface area is 194 Å². The van der Waals surface area contributed by atoms with Crippen LogP contribution < -0.4 is 15.4 Å². The van der Waals surface area contributed by atoms with Gasteiger partial charge in [0.1, 0.15) is 11.4 Å². The van der Waals surface area contributed by atoms with Crippen molar-refractivity contribution in [2.45, 2.75) is 17.6 Å². The number of sulfonamides is 1. The highest BCUT2D eigenvalue weighted by atomic mass is 32.2. The van der Waals surface area contributed by atoms with E-state index in [0.717, 1.165) is 12.5 Å². The van der Waals surface area contributed by atoms with Gasteiger partial charge < -0.3 is 10.6 Å². The van der Waals surface area contributed by atoms with Crippen LogP contribution >= 0.6 is 0 Å². The van der Waals surface area contributed by atoms with Crippen LogP contribution in [-0.2, 0) is 32.6 Å². The maximum Gasteiger partial charge on any atom is 0.421 e. The number of rotatable bonds is 8. The number of hydrogen-bond donors (Lipinski definition) is 3. The molecule has 0 aliphatic heterocycles. The molecule has 9 nitrogen and oxygen atoms in total. The number of nitrogens with zero attached hydrogens (tertiary/aromatic N) is 2. The summed E-state index contributed by atoms with van der Waals surface area (Å²) < 4.78 is 88.7. The summed E-state index contributed by atoms with van der Waals surface area (Å²) in [6.45, 7) is -0.116. The third-order valence-electron chi connectivity index (χ3n) is 4.33. The predicted octanol–water partition coefficient (Wildman–Crippen LogP) is 3.63. The van der Waals surface area contributed by atoms with E-state index in [2.05, 4.69) is 25.3 Å². The van der Waals surface area contributed by atoms with E-state index in [-0.39, 0.29) is 17.4 Å². The molecule has 3 rings (SSSR count). The highest BCUT2D eigenvalue weighted by Gasteiger charge is 2.35. The molecule has 0 spiro atoms. The Morgan fingerprint density at radius 3 is 2.18 bits per heavy atom. The lowest BCUT2D eigenvalue weighted by molar-refractivity contribution is -0.137. The van der Waals surface area contributed by atoms with Crippen molar-refractivity contribution >= 4 is 43.0 Å². The molecule has 0 unspecified atom stereocenters. The first kappa shape index (κ1) is 25.2. The van der Waals surface area contributed by atoms with Crippen molar-refractivity contribution in [3.63, 3.8) is 0 Å². The van der Waals surface area contributed by atoms with Gasteiger partial charge in [0.2, 0.25) is 16.0 Å². The molecule has 1 aromatic heterocycles. The Bertz CT molecular complexity index is 1390. The van der Waals surface area contributed by atoms with Gasteiger partial charge in [0.05, 0.1) is 11.2 Å². The number of halogens is 3. The second kappa shape index (κ2) is 9.46. The summed E-state index contributed by atoms with van der Waals surface area (Å²) in [5.74, 6) is -0.630. The minimum Gasteiger partial charge on any atom is -0.365 e. The highest BCUT2D eigenvalue weighted by molar-refractivity contribution is 7.92. The Kier molecular flexibility index (Phi) is 7.02. The summed E-state index contributed by atoms with van der Waals surface area (Å²) in [5, 5.41) is 5.35. The van der Waals surface area contributed by atoms with Gasteiger partial charge in [-0.15, -0.1) is 0 Å². The Balaban J connectivity index is 1.83. The number of nitrogens with one attached hydrogen (secondary N) is 3. The zero-order valence-electron chi connectivity index (χ0n) is 17.9. The van der Waals surface area contributed by atoms with E-state index in [1.165, 1.54) is 42.5 Å². The summed E-state index contributed by atoms with van der Waals surface area (Å²) in [4.78, 5) is 7.67. The van der Waals surface area contributed by atoms with Gasteiger partial charge in [-0.3, -0.25) is 4.72 Å². The molecular weight excluding hydrogens is 495 g/mol. The molecule has 0 saturated heterocycles. The quantitative estimate of drug-likeness (QED) is 0.415. The van der Waals surface area contributed by atoms with E-state index in [9.17, 15) is 30.0 Å². The maximum absolute atomic E-state index is 13.5. The number of sulfone groups is 1. The first-order valence-corrected chi connectivity index (χ1v) is 13.3. The van der Waals surface area contributed by atoms with Crippen LogP contribution in [-0.4, -0.2) is 39.3 Å². The number of benzene rings is 2. The molecule has 3 aromatic rings. The van der Waals surface area contributed by atoms with Crippen LogP contribution in [0.3, 0.4) is 0 Å². The Hall–Kier alpha value is -3.39. The summed E-state index contributed by atoms with van der Waals surface area (Å²) >= 11 is 0. The first-order valence-electron chi connectivity index (χ1n) is 9.53. The topological polar surface area (TPSA) is 130 Å². The zero-order valence-corrected chi connectivity index (χ0v) is 19.5. The van der Waals surface area contributed by atoms with Crippen molar-refractivity contribution in [3.05, 3.63) is 65.9 Å². The van der Waals surface area contributed by atoms with E-state index < -0.39 is 37.4 Å². The molecular formula is C20H20F3N5O4S2. The van der Waals surface area contributed by atoms with Gasteiger partial charge in [-0.1, -0.05) is 12.1 Å². The summed E-state index contributed by atoms with van der Waals surface area (Å²) in [6, 6.07) is 11.7. The van der Waals surface area contributed by atoms with Crippen LogP contribution in [0.4, 0.5) is 36.3 Å². The smallest absolute Gasteiger partial charge is 0.365 e. The van der Waals surface area contributed by atoms with Gasteiger partial charge in [0, 0.05) is 30.4 Å². The third kappa shape index (κ3) is 7.05. The van der Waals surface area contributed by atoms with Crippen molar-refractivity contribution in [2.24, 2.45) is 0 Å². The van der Waals surface area contributed by atoms with E-state index in [4.69, 9.17) is 0 Å². The summed E-state index contributed by atoms with van der Waals surface area (Å²) in [7, 11) is -6.93. The number of alkyl halides is 3. The van der Waals surface area contributed by atoms with E-state index >= 15 is 0 Å². The fourth-order valence-corrected chi connectivity index (χ4v) is 4.08. The molecule has 0 aliphatic rings. The van der Waals surface area contributed by atoms with Gasteiger partial charge in [-0.05, 0) is 42.0 Å². The first-order chi connectivity index (χ1) is 15.7. The summed E-state index contributed by atoms with van der Waals surface area (Å²) in [6.07, 6.45) is -2.06. The third-order valence-corrected chi connectivity index (χ3v) is 6.04. The lowest BCUT2D eigenvalue weighted by Gasteiger charge is -2.15. The van der Waals surface area contributed by atoms with Gasteiger partial charge in [0.15, 0.2) is 9.84 Å². The molecule has 2 aromatic carbocycles. The SMILES string of the molecule is CS(=O)(=O)Nc1ccc(Nc2ncc(C(F)(F)F)c(NCc3cccc(S(C)(=O)=O)c3)n2)cc1. The van der Waals surface area contributed by atoms with Gasteiger partial charge in [-0.2, -0.15) is 18.2 Å². The van der Waals surface area contributed by atoms with E-state index in [0.29, 0.717) is 23.1 Å². The van der Waals surface area contributed by atoms with Crippen LogP contribution in [0, 0.1) is 0 Å². The van der Waals surface area contributed by atoms with Crippen LogP contribution in [0.1, 0.15) is 11.1 Å². The molecule has 0 bridgehead atoms. The Morgan fingerprint density at radius 2 is 1.59 bits per heavy atom. The van der Waals surface area contributed by atoms with Crippen molar-refractivity contribution in [1.82, 2.24) is 9.97 Å². The van der Waals surface area contributed by atoms with Crippen LogP contribution in [0.2, 0.25) is 0 Å². The molecule has 0 fully saturated rings. The molecule has 3 N–H and O–H groups in total. The monoisotopic (exact) mass is 515 g/mol. The Morgan fingerprint density at radius 1 is 0.941 bits per heavy atom. The number of hydrogen-bond acceptors (Lipinski definition) is 8. The minimum atomic E-state index is -4.73. The number of anilines is 4. The lowest BCUT2D eigenvalue weighted by Crippen LogP contribution is -2.14. The predicted molar refractivity (Wildman–Crippen MR) is 122 cm³/mol. The normalized spacial score (nSPS) is 12.3. The van der Waals surface area contributed by atoms with Crippen molar-refractivity contribution in [3.8, 4) is 0 Å². The molecule has 34 heavy (non-hydrogen) atoms. The van der Waals surface area contributed by atoms with Crippen LogP contribution in [0.25, 0.3) is 0 Å². The molecule has 0 radical (unpaired) electrons. The zero-order chi connectivity index (χ0) is 25.1. The van der Waals surface area contributed by atoms with Gasteiger partial charge >= 0.3 is 6.18 Å². The largest absolute Gasteiger partial charge is 0.421 e. The van der Waals surface area contributed by atoms with Crippen LogP contribution in [0.5, 0.6) is 0 Å². The molecule has 0 aliphatic carbocycles.